The van der Waals surface area contributed by atoms with Crippen molar-refractivity contribution in [2.24, 2.45) is 0 Å². The van der Waals surface area contributed by atoms with Crippen LogP contribution in [0.2, 0.25) is 0 Å². The Hall–Kier alpha value is 2.76. The largest absolute Gasteiger partial charge is 0.319 e. The molecule has 0 amide bonds. The summed E-state index contributed by atoms with van der Waals surface area (Å²) in [5, 5.41) is 0. The molecule has 0 saturated carbocycles. The monoisotopic (exact) mass is 652 g/mol. The van der Waals surface area contributed by atoms with Crippen LogP contribution in [0.4, 0.5) is 0 Å². The van der Waals surface area contributed by atoms with Crippen molar-refractivity contribution in [2.75, 3.05) is 17.8 Å². The highest BCUT2D eigenvalue weighted by Crippen LogP contribution is 2.66. The number of hydrogen-bond acceptors (Lipinski definition) is 12. The van der Waals surface area contributed by atoms with Crippen molar-refractivity contribution in [3.8, 4) is 0 Å². The Morgan fingerprint density at radius 1 is 0.500 bits per heavy atom. The van der Waals surface area contributed by atoms with E-state index in [0.717, 1.165) is 0 Å². The van der Waals surface area contributed by atoms with E-state index in [4.69, 9.17) is 62.6 Å². The Labute approximate surface area is 235 Å². The van der Waals surface area contributed by atoms with Crippen molar-refractivity contribution in [2.45, 2.75) is 106 Å². The van der Waals surface area contributed by atoms with E-state index in [1.54, 1.807) is 0 Å². The van der Waals surface area contributed by atoms with E-state index in [1.807, 2.05) is 75.5 Å². The fourth-order valence-electron chi connectivity index (χ4n) is 2.21. The summed E-state index contributed by atoms with van der Waals surface area (Å²) in [6, 6.07) is 0. The molecular formula is C19H43O6P3S6. The Morgan fingerprint density at radius 3 is 0.971 bits per heavy atom. The molecule has 0 aliphatic rings. The molecule has 0 radical (unpaired) electrons. The Bertz CT molecular complexity index is 643. The van der Waals surface area contributed by atoms with Crippen LogP contribution in [0.1, 0.15) is 69.2 Å². The number of rotatable bonds is 19. The molecule has 34 heavy (non-hydrogen) atoms. The van der Waals surface area contributed by atoms with E-state index in [1.165, 1.54) is 34.1 Å². The first-order valence-corrected chi connectivity index (χ1v) is 24.1. The summed E-state index contributed by atoms with van der Waals surface area (Å²) < 4.78 is 36.3. The van der Waals surface area contributed by atoms with Crippen LogP contribution in [0.15, 0.2) is 0 Å². The fourth-order valence-corrected chi connectivity index (χ4v) is 17.6. The third-order valence-electron chi connectivity index (χ3n) is 3.14. The molecule has 0 aliphatic carbocycles. The first-order chi connectivity index (χ1) is 15.4. The molecule has 0 aliphatic heterocycles. The molecule has 0 bridgehead atoms. The summed E-state index contributed by atoms with van der Waals surface area (Å²) in [5.74, 6) is 1.21. The third kappa shape index (κ3) is 17.4. The Balaban J connectivity index is 5.02. The second kappa shape index (κ2) is 17.5. The van der Waals surface area contributed by atoms with Crippen molar-refractivity contribution in [1.82, 2.24) is 0 Å². The molecule has 2 atom stereocenters. The van der Waals surface area contributed by atoms with Gasteiger partial charge < -0.3 is 27.1 Å². The third-order valence-corrected chi connectivity index (χ3v) is 19.9. The van der Waals surface area contributed by atoms with Gasteiger partial charge in [0.25, 0.3) is 0 Å². The second-order valence-electron chi connectivity index (χ2n) is 8.56. The maximum atomic E-state index is 6.24. The van der Waals surface area contributed by atoms with Gasteiger partial charge in [0, 0.05) is 11.5 Å². The molecule has 0 aromatic heterocycles. The van der Waals surface area contributed by atoms with Crippen LogP contribution < -0.4 is 0 Å². The highest BCUT2D eigenvalue weighted by molar-refractivity contribution is 8.68. The smallest absolute Gasteiger partial charge is 0.247 e. The zero-order valence-electron chi connectivity index (χ0n) is 22.1. The van der Waals surface area contributed by atoms with Gasteiger partial charge in [-0.15, -0.1) is 0 Å². The summed E-state index contributed by atoms with van der Waals surface area (Å²) in [6.45, 7) is 19.7. The molecule has 0 aromatic carbocycles. The van der Waals surface area contributed by atoms with Gasteiger partial charge in [0.05, 0.1) is 36.6 Å². The number of hydrogen-bond donors (Lipinski definition) is 0. The SMILES string of the molecule is CSP(=S)(OC(C)CSP(=S)(OC(C)C)OC(C)C)OC(C)CSP(=S)(OC(C)C)OC(C)C. The standard InChI is InChI=1S/C19H43O6P3S6/c1-14(2)20-27(30,21-15(3)4)33-12-18(9)24-26(29,32-11)25-19(10)13-34-28(31,22-16(5)6)23-17(7)8/h14-19H,12-13H2,1-11H3. The van der Waals surface area contributed by atoms with Crippen molar-refractivity contribution in [3.63, 3.8) is 0 Å². The molecule has 2 unspecified atom stereocenters. The zero-order valence-corrected chi connectivity index (χ0v) is 29.7. The minimum atomic E-state index is -2.57. The summed E-state index contributed by atoms with van der Waals surface area (Å²) in [5.41, 5.74) is -7.53. The van der Waals surface area contributed by atoms with E-state index >= 15 is 0 Å². The van der Waals surface area contributed by atoms with E-state index in [2.05, 4.69) is 0 Å². The average molecular weight is 653 g/mol. The zero-order chi connectivity index (χ0) is 26.7. The van der Waals surface area contributed by atoms with Crippen LogP contribution in [0.25, 0.3) is 0 Å². The summed E-state index contributed by atoms with van der Waals surface area (Å²) in [7, 11) is 0. The predicted molar refractivity (Wildman–Crippen MR) is 167 cm³/mol. The van der Waals surface area contributed by atoms with E-state index < -0.39 is 17.1 Å². The normalized spacial score (nSPS) is 17.0. The molecule has 0 rings (SSSR count). The molecule has 0 saturated heterocycles. The fraction of sp³-hybridized carbons (Fsp3) is 1.00. The van der Waals surface area contributed by atoms with Gasteiger partial charge >= 0.3 is 0 Å². The van der Waals surface area contributed by atoms with E-state index in [9.17, 15) is 0 Å². The summed E-state index contributed by atoms with van der Waals surface area (Å²) in [6.07, 6.45) is 1.54. The van der Waals surface area contributed by atoms with Gasteiger partial charge in [0.2, 0.25) is 17.1 Å². The topological polar surface area (TPSA) is 55.4 Å². The van der Waals surface area contributed by atoms with Crippen molar-refractivity contribution >= 4 is 86.6 Å². The highest BCUT2D eigenvalue weighted by Gasteiger charge is 2.30. The summed E-state index contributed by atoms with van der Waals surface area (Å²) >= 11 is 21.7. The molecule has 6 nitrogen and oxygen atoms in total. The van der Waals surface area contributed by atoms with Crippen molar-refractivity contribution in [3.05, 3.63) is 0 Å². The maximum absolute atomic E-state index is 6.24. The molecule has 0 heterocycles. The van der Waals surface area contributed by atoms with Gasteiger partial charge in [-0.2, -0.15) is 0 Å². The Kier molecular flexibility index (Phi) is 18.9. The molecular weight excluding hydrogens is 610 g/mol. The van der Waals surface area contributed by atoms with Crippen LogP contribution in [-0.4, -0.2) is 54.4 Å². The minimum absolute atomic E-state index is 0.00887. The lowest BCUT2D eigenvalue weighted by molar-refractivity contribution is 0.183. The first kappa shape index (κ1) is 36.8. The minimum Gasteiger partial charge on any atom is -0.319 e. The van der Waals surface area contributed by atoms with Gasteiger partial charge in [0.1, 0.15) is 0 Å². The predicted octanol–water partition coefficient (Wildman–Crippen LogP) is 9.00. The first-order valence-electron chi connectivity index (χ1n) is 11.2. The maximum Gasteiger partial charge on any atom is 0.247 e. The lowest BCUT2D eigenvalue weighted by Crippen LogP contribution is -2.15. The van der Waals surface area contributed by atoms with Gasteiger partial charge in [-0.25, -0.2) is 0 Å². The molecule has 0 N–H and O–H groups in total. The molecule has 206 valence electrons. The molecule has 0 aromatic rings. The van der Waals surface area contributed by atoms with Crippen LogP contribution in [0.5, 0.6) is 0 Å². The van der Waals surface area contributed by atoms with Crippen molar-refractivity contribution in [1.29, 1.82) is 0 Å². The average Bonchev–Trinajstić information content (AvgIpc) is 2.62. The molecule has 15 heteroatoms. The van der Waals surface area contributed by atoms with Gasteiger partial charge in [-0.3, -0.25) is 0 Å². The van der Waals surface area contributed by atoms with E-state index in [0.29, 0.717) is 11.5 Å². The Morgan fingerprint density at radius 2 is 0.765 bits per heavy atom. The van der Waals surface area contributed by atoms with Gasteiger partial charge in [0.15, 0.2) is 0 Å². The van der Waals surface area contributed by atoms with Crippen LogP contribution in [0.3, 0.4) is 0 Å². The highest BCUT2D eigenvalue weighted by atomic mass is 32.9. The molecule has 0 fully saturated rings. The lowest BCUT2D eigenvalue weighted by atomic mass is 10.5. The summed E-state index contributed by atoms with van der Waals surface area (Å²) in [4.78, 5) is 0. The van der Waals surface area contributed by atoms with Gasteiger partial charge in [-0.05, 0) is 111 Å². The van der Waals surface area contributed by atoms with Crippen LogP contribution >= 0.6 is 51.2 Å². The van der Waals surface area contributed by atoms with E-state index in [-0.39, 0.29) is 36.6 Å². The lowest BCUT2D eigenvalue weighted by Gasteiger charge is -2.30. The second-order valence-corrected chi connectivity index (χ2v) is 27.4. The van der Waals surface area contributed by atoms with Gasteiger partial charge in [-0.1, -0.05) is 34.1 Å². The quantitative estimate of drug-likeness (QED) is 0.125. The van der Waals surface area contributed by atoms with Crippen molar-refractivity contribution < 1.29 is 27.1 Å². The van der Waals surface area contributed by atoms with Crippen LogP contribution in [-0.2, 0) is 62.6 Å². The van der Waals surface area contributed by atoms with Crippen LogP contribution in [0, 0.1) is 0 Å². The molecule has 0 spiro atoms.